The molecule has 0 heterocycles. The average molecular weight is 257 g/mol. The summed E-state index contributed by atoms with van der Waals surface area (Å²) in [5, 5.41) is -0.443. The lowest BCUT2D eigenvalue weighted by atomic mass is 10.3. The quantitative estimate of drug-likeness (QED) is 0.821. The molecule has 0 saturated carbocycles. The van der Waals surface area contributed by atoms with Gasteiger partial charge in [-0.2, -0.15) is 0 Å². The Labute approximate surface area is 103 Å². The average Bonchev–Trinajstić information content (AvgIpc) is 2.30. The standard InChI is InChI=1S/C12H19NO3S/c1-4-9(3)17(14,15)12-8-10(16-5-2)6-7-11(12)13/h6-9H,4-5,13H2,1-3H3. The van der Waals surface area contributed by atoms with Crippen molar-refractivity contribution >= 4 is 15.5 Å². The fourth-order valence-electron chi connectivity index (χ4n) is 1.45. The molecule has 1 aromatic carbocycles. The van der Waals surface area contributed by atoms with Crippen molar-refractivity contribution in [2.24, 2.45) is 0 Å². The van der Waals surface area contributed by atoms with Gasteiger partial charge in [0.05, 0.1) is 22.4 Å². The van der Waals surface area contributed by atoms with Crippen LogP contribution < -0.4 is 10.5 Å². The minimum atomic E-state index is -3.37. The van der Waals surface area contributed by atoms with E-state index in [1.807, 2.05) is 13.8 Å². The van der Waals surface area contributed by atoms with Gasteiger partial charge in [0, 0.05) is 6.07 Å². The number of anilines is 1. The zero-order valence-corrected chi connectivity index (χ0v) is 11.3. The third kappa shape index (κ3) is 2.91. The van der Waals surface area contributed by atoms with Crippen molar-refractivity contribution in [2.75, 3.05) is 12.3 Å². The first kappa shape index (κ1) is 13.8. The minimum Gasteiger partial charge on any atom is -0.494 e. The Morgan fingerprint density at radius 1 is 1.35 bits per heavy atom. The Morgan fingerprint density at radius 3 is 2.53 bits per heavy atom. The van der Waals surface area contributed by atoms with E-state index in [4.69, 9.17) is 10.5 Å². The van der Waals surface area contributed by atoms with Crippen LogP contribution in [0.1, 0.15) is 27.2 Å². The van der Waals surface area contributed by atoms with Crippen LogP contribution >= 0.6 is 0 Å². The van der Waals surface area contributed by atoms with Crippen LogP contribution in [0.15, 0.2) is 23.1 Å². The summed E-state index contributed by atoms with van der Waals surface area (Å²) in [6, 6.07) is 4.75. The third-order valence-electron chi connectivity index (χ3n) is 2.71. The first-order valence-electron chi connectivity index (χ1n) is 5.69. The lowest BCUT2D eigenvalue weighted by Gasteiger charge is -2.14. The fourth-order valence-corrected chi connectivity index (χ4v) is 3.00. The molecule has 0 aliphatic rings. The third-order valence-corrected chi connectivity index (χ3v) is 5.07. The molecular weight excluding hydrogens is 238 g/mol. The first-order chi connectivity index (χ1) is 7.93. The molecule has 0 spiro atoms. The van der Waals surface area contributed by atoms with E-state index in [9.17, 15) is 8.42 Å². The maximum atomic E-state index is 12.2. The lowest BCUT2D eigenvalue weighted by Crippen LogP contribution is -2.18. The highest BCUT2D eigenvalue weighted by molar-refractivity contribution is 7.92. The van der Waals surface area contributed by atoms with Crippen LogP contribution in [0, 0.1) is 0 Å². The van der Waals surface area contributed by atoms with Gasteiger partial charge in [-0.3, -0.25) is 0 Å². The minimum absolute atomic E-state index is 0.165. The summed E-state index contributed by atoms with van der Waals surface area (Å²) in [5.74, 6) is 0.531. The summed E-state index contributed by atoms with van der Waals surface area (Å²) in [4.78, 5) is 0.165. The molecular formula is C12H19NO3S. The second-order valence-corrected chi connectivity index (χ2v) is 6.23. The van der Waals surface area contributed by atoms with Gasteiger partial charge in [0.2, 0.25) is 0 Å². The summed E-state index contributed by atoms with van der Waals surface area (Å²) in [5.41, 5.74) is 6.00. The number of sulfone groups is 1. The van der Waals surface area contributed by atoms with Crippen LogP contribution in [0.4, 0.5) is 5.69 Å². The second-order valence-electron chi connectivity index (χ2n) is 3.90. The molecule has 1 atom stereocenters. The van der Waals surface area contributed by atoms with Gasteiger partial charge < -0.3 is 10.5 Å². The molecule has 0 saturated heterocycles. The van der Waals surface area contributed by atoms with Crippen molar-refractivity contribution in [1.29, 1.82) is 0 Å². The van der Waals surface area contributed by atoms with E-state index in [-0.39, 0.29) is 10.6 Å². The molecule has 0 aliphatic carbocycles. The van der Waals surface area contributed by atoms with E-state index in [1.54, 1.807) is 19.1 Å². The molecule has 4 nitrogen and oxygen atoms in total. The van der Waals surface area contributed by atoms with Crippen LogP contribution in [-0.2, 0) is 9.84 Å². The smallest absolute Gasteiger partial charge is 0.183 e. The van der Waals surface area contributed by atoms with Gasteiger partial charge >= 0.3 is 0 Å². The highest BCUT2D eigenvalue weighted by atomic mass is 32.2. The Morgan fingerprint density at radius 2 is 2.00 bits per heavy atom. The summed E-state index contributed by atoms with van der Waals surface area (Å²) in [6.07, 6.45) is 0.556. The van der Waals surface area contributed by atoms with E-state index in [0.29, 0.717) is 18.8 Å². The highest BCUT2D eigenvalue weighted by Gasteiger charge is 2.24. The first-order valence-corrected chi connectivity index (χ1v) is 7.24. The predicted octanol–water partition coefficient (Wildman–Crippen LogP) is 2.24. The predicted molar refractivity (Wildman–Crippen MR) is 69.0 cm³/mol. The van der Waals surface area contributed by atoms with Crippen molar-refractivity contribution in [3.63, 3.8) is 0 Å². The number of ether oxygens (including phenoxy) is 1. The molecule has 17 heavy (non-hydrogen) atoms. The van der Waals surface area contributed by atoms with Gasteiger partial charge in [-0.1, -0.05) is 6.92 Å². The van der Waals surface area contributed by atoms with Crippen LogP contribution in [-0.4, -0.2) is 20.3 Å². The molecule has 1 rings (SSSR count). The lowest BCUT2D eigenvalue weighted by molar-refractivity contribution is 0.339. The summed E-state index contributed by atoms with van der Waals surface area (Å²) in [6.45, 7) is 5.86. The van der Waals surface area contributed by atoms with Crippen molar-refractivity contribution in [2.45, 2.75) is 37.3 Å². The van der Waals surface area contributed by atoms with Crippen molar-refractivity contribution < 1.29 is 13.2 Å². The number of hydrogen-bond donors (Lipinski definition) is 1. The molecule has 0 bridgehead atoms. The van der Waals surface area contributed by atoms with Gasteiger partial charge in [0.15, 0.2) is 9.84 Å². The number of nitrogens with two attached hydrogens (primary N) is 1. The van der Waals surface area contributed by atoms with Gasteiger partial charge in [0.25, 0.3) is 0 Å². The van der Waals surface area contributed by atoms with Crippen LogP contribution in [0.5, 0.6) is 5.75 Å². The Bertz CT molecular complexity index is 483. The van der Waals surface area contributed by atoms with Crippen molar-refractivity contribution in [3.05, 3.63) is 18.2 Å². The van der Waals surface area contributed by atoms with Crippen LogP contribution in [0.3, 0.4) is 0 Å². The Hall–Kier alpha value is -1.23. The molecule has 0 amide bonds. The monoisotopic (exact) mass is 257 g/mol. The Kier molecular flexibility index (Phi) is 4.40. The SMILES string of the molecule is CCOc1ccc(N)c(S(=O)(=O)C(C)CC)c1. The summed E-state index contributed by atoms with van der Waals surface area (Å²) < 4.78 is 29.7. The number of benzene rings is 1. The van der Waals surface area contributed by atoms with E-state index in [1.165, 1.54) is 6.07 Å². The van der Waals surface area contributed by atoms with Gasteiger partial charge in [-0.25, -0.2) is 8.42 Å². The molecule has 0 fully saturated rings. The van der Waals surface area contributed by atoms with Gasteiger partial charge in [0.1, 0.15) is 5.75 Å². The van der Waals surface area contributed by atoms with Crippen molar-refractivity contribution in [3.8, 4) is 5.75 Å². The topological polar surface area (TPSA) is 69.4 Å². The summed E-state index contributed by atoms with van der Waals surface area (Å²) in [7, 11) is -3.37. The molecule has 5 heteroatoms. The van der Waals surface area contributed by atoms with E-state index in [2.05, 4.69) is 0 Å². The number of rotatable bonds is 5. The zero-order chi connectivity index (χ0) is 13.1. The normalized spacial score (nSPS) is 13.4. The molecule has 96 valence electrons. The molecule has 2 N–H and O–H groups in total. The van der Waals surface area contributed by atoms with Crippen LogP contribution in [0.2, 0.25) is 0 Å². The number of nitrogen functional groups attached to an aromatic ring is 1. The molecule has 1 unspecified atom stereocenters. The van der Waals surface area contributed by atoms with Gasteiger partial charge in [-0.05, 0) is 32.4 Å². The van der Waals surface area contributed by atoms with Crippen molar-refractivity contribution in [1.82, 2.24) is 0 Å². The second kappa shape index (κ2) is 5.40. The molecule has 0 aromatic heterocycles. The fraction of sp³-hybridized carbons (Fsp3) is 0.500. The molecule has 1 aromatic rings. The number of hydrogen-bond acceptors (Lipinski definition) is 4. The van der Waals surface area contributed by atoms with E-state index >= 15 is 0 Å². The Balaban J connectivity index is 3.25. The summed E-state index contributed by atoms with van der Waals surface area (Å²) >= 11 is 0. The largest absolute Gasteiger partial charge is 0.494 e. The van der Waals surface area contributed by atoms with Gasteiger partial charge in [-0.15, -0.1) is 0 Å². The van der Waals surface area contributed by atoms with E-state index in [0.717, 1.165) is 0 Å². The zero-order valence-electron chi connectivity index (χ0n) is 10.4. The van der Waals surface area contributed by atoms with Crippen LogP contribution in [0.25, 0.3) is 0 Å². The maximum Gasteiger partial charge on any atom is 0.183 e. The molecule has 0 radical (unpaired) electrons. The highest BCUT2D eigenvalue weighted by Crippen LogP contribution is 2.28. The molecule has 0 aliphatic heterocycles. The van der Waals surface area contributed by atoms with E-state index < -0.39 is 15.1 Å². The maximum absolute atomic E-state index is 12.2.